The summed E-state index contributed by atoms with van der Waals surface area (Å²) in [5.74, 6) is 0.724. The Balaban J connectivity index is 2.08. The monoisotopic (exact) mass is 420 g/mol. The van der Waals surface area contributed by atoms with Gasteiger partial charge in [0.15, 0.2) is 6.10 Å². The number of nitrogens with one attached hydrogen (secondary N) is 2. The van der Waals surface area contributed by atoms with Gasteiger partial charge in [-0.05, 0) is 37.3 Å². The van der Waals surface area contributed by atoms with E-state index in [-0.39, 0.29) is 17.0 Å². The van der Waals surface area contributed by atoms with Gasteiger partial charge in [0.1, 0.15) is 0 Å². The van der Waals surface area contributed by atoms with Crippen molar-refractivity contribution in [3.8, 4) is 12.3 Å². The van der Waals surface area contributed by atoms with Gasteiger partial charge in [-0.25, -0.2) is 13.2 Å². The van der Waals surface area contributed by atoms with E-state index in [0.29, 0.717) is 10.7 Å². The van der Waals surface area contributed by atoms with Gasteiger partial charge in [0.2, 0.25) is 10.0 Å². The number of terminal acetylenes is 1. The van der Waals surface area contributed by atoms with Crippen LogP contribution >= 0.6 is 11.6 Å². The van der Waals surface area contributed by atoms with Crippen LogP contribution in [0.4, 0.5) is 5.69 Å². The van der Waals surface area contributed by atoms with Gasteiger partial charge in [0.05, 0.1) is 27.7 Å². The smallest absolute Gasteiger partial charge is 0.338 e. The molecule has 0 heterocycles. The number of ether oxygens (including phenoxy) is 1. The summed E-state index contributed by atoms with van der Waals surface area (Å²) in [6.07, 6.45) is 3.91. The third-order valence-corrected chi connectivity index (χ3v) is 5.26. The van der Waals surface area contributed by atoms with E-state index in [1.165, 1.54) is 25.1 Å². The molecule has 0 bridgehead atoms. The highest BCUT2D eigenvalue weighted by Gasteiger charge is 2.21. The SMILES string of the molecule is C#CCNS(=O)(=O)c1cccc(C(=O)OC(C)C(=O)Nc2ccccc2Cl)c1. The van der Waals surface area contributed by atoms with Crippen molar-refractivity contribution in [2.24, 2.45) is 0 Å². The van der Waals surface area contributed by atoms with Crippen molar-refractivity contribution < 1.29 is 22.7 Å². The molecule has 9 heteroatoms. The fraction of sp³-hybridized carbons (Fsp3) is 0.158. The minimum atomic E-state index is -3.86. The molecule has 0 saturated heterocycles. The van der Waals surface area contributed by atoms with Gasteiger partial charge < -0.3 is 10.1 Å². The Kier molecular flexibility index (Phi) is 7.18. The number of para-hydroxylation sites is 1. The van der Waals surface area contributed by atoms with Crippen molar-refractivity contribution in [1.29, 1.82) is 0 Å². The van der Waals surface area contributed by atoms with Crippen LogP contribution in [-0.4, -0.2) is 32.9 Å². The van der Waals surface area contributed by atoms with E-state index in [1.807, 2.05) is 0 Å². The topological polar surface area (TPSA) is 102 Å². The highest BCUT2D eigenvalue weighted by molar-refractivity contribution is 7.89. The normalized spacial score (nSPS) is 11.9. The molecular weight excluding hydrogens is 404 g/mol. The van der Waals surface area contributed by atoms with Gasteiger partial charge in [-0.2, -0.15) is 4.72 Å². The van der Waals surface area contributed by atoms with E-state index in [2.05, 4.69) is 16.0 Å². The Labute approximate surface area is 168 Å². The van der Waals surface area contributed by atoms with Crippen molar-refractivity contribution in [3.05, 3.63) is 59.1 Å². The molecule has 0 fully saturated rings. The number of carbonyl (C=O) groups excluding carboxylic acids is 2. The fourth-order valence-electron chi connectivity index (χ4n) is 2.09. The number of rotatable bonds is 7. The average Bonchev–Trinajstić information content (AvgIpc) is 2.68. The highest BCUT2D eigenvalue weighted by atomic mass is 35.5. The second-order valence-corrected chi connectivity index (χ2v) is 7.75. The van der Waals surface area contributed by atoms with E-state index >= 15 is 0 Å². The lowest BCUT2D eigenvalue weighted by Gasteiger charge is -2.14. The third kappa shape index (κ3) is 5.57. The molecule has 2 rings (SSSR count). The number of carbonyl (C=O) groups is 2. The number of halogens is 1. The van der Waals surface area contributed by atoms with Crippen LogP contribution in [0.15, 0.2) is 53.4 Å². The molecule has 0 aliphatic carbocycles. The number of amides is 1. The zero-order valence-electron chi connectivity index (χ0n) is 14.8. The van der Waals surface area contributed by atoms with Crippen molar-refractivity contribution in [2.45, 2.75) is 17.9 Å². The maximum atomic E-state index is 12.3. The van der Waals surface area contributed by atoms with Crippen LogP contribution in [-0.2, 0) is 19.6 Å². The predicted molar refractivity (Wildman–Crippen MR) is 105 cm³/mol. The van der Waals surface area contributed by atoms with E-state index in [0.717, 1.165) is 6.07 Å². The molecule has 2 aromatic rings. The van der Waals surface area contributed by atoms with Crippen molar-refractivity contribution in [1.82, 2.24) is 4.72 Å². The summed E-state index contributed by atoms with van der Waals surface area (Å²) in [6.45, 7) is 1.20. The first-order chi connectivity index (χ1) is 13.2. The van der Waals surface area contributed by atoms with E-state index in [1.54, 1.807) is 24.3 Å². The minimum Gasteiger partial charge on any atom is -0.449 e. The van der Waals surface area contributed by atoms with Gasteiger partial charge >= 0.3 is 5.97 Å². The van der Waals surface area contributed by atoms with Crippen molar-refractivity contribution >= 4 is 39.2 Å². The van der Waals surface area contributed by atoms with Crippen LogP contribution in [0.25, 0.3) is 0 Å². The number of hydrogen-bond donors (Lipinski definition) is 2. The summed E-state index contributed by atoms with van der Waals surface area (Å²) in [6, 6.07) is 11.8. The average molecular weight is 421 g/mol. The number of benzene rings is 2. The molecule has 2 N–H and O–H groups in total. The zero-order chi connectivity index (χ0) is 20.7. The van der Waals surface area contributed by atoms with Gasteiger partial charge in [0, 0.05) is 0 Å². The van der Waals surface area contributed by atoms with Crippen molar-refractivity contribution in [2.75, 3.05) is 11.9 Å². The zero-order valence-corrected chi connectivity index (χ0v) is 16.4. The van der Waals surface area contributed by atoms with Crippen LogP contribution < -0.4 is 10.0 Å². The van der Waals surface area contributed by atoms with E-state index in [4.69, 9.17) is 22.8 Å². The van der Waals surface area contributed by atoms with Crippen LogP contribution in [0.2, 0.25) is 5.02 Å². The minimum absolute atomic E-state index is 0.0269. The summed E-state index contributed by atoms with van der Waals surface area (Å²) in [5.41, 5.74) is 0.353. The lowest BCUT2D eigenvalue weighted by Crippen LogP contribution is -2.30. The number of anilines is 1. The Morgan fingerprint density at radius 1 is 1.21 bits per heavy atom. The van der Waals surface area contributed by atoms with Gasteiger partial charge in [-0.1, -0.05) is 35.7 Å². The standard InChI is InChI=1S/C19H17ClN2O5S/c1-3-11-21-28(25,26)15-8-6-7-14(12-15)19(24)27-13(2)18(23)22-17-10-5-4-9-16(17)20/h1,4-10,12-13,21H,11H2,2H3,(H,22,23). The van der Waals surface area contributed by atoms with Crippen LogP contribution in [0, 0.1) is 12.3 Å². The van der Waals surface area contributed by atoms with Gasteiger partial charge in [0.25, 0.3) is 5.91 Å². The molecule has 1 atom stereocenters. The molecular formula is C19H17ClN2O5S. The highest BCUT2D eigenvalue weighted by Crippen LogP contribution is 2.21. The lowest BCUT2D eigenvalue weighted by molar-refractivity contribution is -0.123. The maximum Gasteiger partial charge on any atom is 0.338 e. The van der Waals surface area contributed by atoms with Crippen LogP contribution in [0.1, 0.15) is 17.3 Å². The molecule has 1 unspecified atom stereocenters. The third-order valence-electron chi connectivity index (χ3n) is 3.53. The molecule has 1 amide bonds. The van der Waals surface area contributed by atoms with Crippen LogP contribution in [0.5, 0.6) is 0 Å². The van der Waals surface area contributed by atoms with Gasteiger partial charge in [-0.3, -0.25) is 4.79 Å². The number of hydrogen-bond acceptors (Lipinski definition) is 5. The molecule has 146 valence electrons. The summed E-state index contributed by atoms with van der Waals surface area (Å²) >= 11 is 5.97. The summed E-state index contributed by atoms with van der Waals surface area (Å²) in [7, 11) is -3.86. The Morgan fingerprint density at radius 2 is 1.93 bits per heavy atom. The van der Waals surface area contributed by atoms with E-state index in [9.17, 15) is 18.0 Å². The first kappa shape index (κ1) is 21.4. The molecule has 0 aromatic heterocycles. The molecule has 0 radical (unpaired) electrons. The first-order valence-corrected chi connectivity index (χ1v) is 9.90. The summed E-state index contributed by atoms with van der Waals surface area (Å²) < 4.78 is 31.5. The molecule has 2 aromatic carbocycles. The van der Waals surface area contributed by atoms with Gasteiger partial charge in [-0.15, -0.1) is 6.42 Å². The molecule has 0 aliphatic rings. The Bertz CT molecular complexity index is 1030. The second-order valence-electron chi connectivity index (χ2n) is 5.57. The van der Waals surface area contributed by atoms with Crippen LogP contribution in [0.3, 0.4) is 0 Å². The second kappa shape index (κ2) is 9.37. The molecule has 7 nitrogen and oxygen atoms in total. The quantitative estimate of drug-likeness (QED) is 0.529. The summed E-state index contributed by atoms with van der Waals surface area (Å²) in [4.78, 5) is 24.4. The number of esters is 1. The first-order valence-electron chi connectivity index (χ1n) is 8.04. The predicted octanol–water partition coefficient (Wildman–Crippen LogP) is 2.44. The molecule has 0 saturated carbocycles. The molecule has 28 heavy (non-hydrogen) atoms. The summed E-state index contributed by atoms with van der Waals surface area (Å²) in [5, 5.41) is 2.89. The lowest BCUT2D eigenvalue weighted by atomic mass is 10.2. The van der Waals surface area contributed by atoms with E-state index < -0.39 is 28.0 Å². The largest absolute Gasteiger partial charge is 0.449 e. The maximum absolute atomic E-state index is 12.3. The Morgan fingerprint density at radius 3 is 2.61 bits per heavy atom. The fourth-order valence-corrected chi connectivity index (χ4v) is 3.25. The molecule has 0 aliphatic heterocycles. The molecule has 0 spiro atoms. The van der Waals surface area contributed by atoms with Crippen molar-refractivity contribution in [3.63, 3.8) is 0 Å². The Hall–Kier alpha value is -2.86. The number of sulfonamides is 1.